The maximum absolute atomic E-state index is 9.27. The zero-order valence-electron chi connectivity index (χ0n) is 14.2. The third-order valence-electron chi connectivity index (χ3n) is 4.45. The summed E-state index contributed by atoms with van der Waals surface area (Å²) in [7, 11) is 6.44. The molecule has 0 unspecified atom stereocenters. The van der Waals surface area contributed by atoms with Crippen molar-refractivity contribution in [2.24, 2.45) is 0 Å². The fourth-order valence-electron chi connectivity index (χ4n) is 3.31. The third-order valence-corrected chi connectivity index (χ3v) is 4.45. The number of methoxy groups -OCH3 is 4. The minimum Gasteiger partial charge on any atom is -0.493 e. The molecular weight excluding hydrogens is 306 g/mol. The smallest absolute Gasteiger partial charge is 0.161 e. The molecule has 0 fully saturated rings. The molecule has 1 aliphatic rings. The second-order valence-corrected chi connectivity index (χ2v) is 5.50. The Balaban J connectivity index is 2.27. The standard InChI is InChI=1S/C19H19NO4/c1-21-16-7-12-11(5-6-20)13-8-17(22-2)19(24-4)10-15(13)14(12)9-18(16)23-3/h7-11H,5H2,1-4H3. The van der Waals surface area contributed by atoms with Crippen molar-refractivity contribution >= 4 is 0 Å². The van der Waals surface area contributed by atoms with Gasteiger partial charge in [0.1, 0.15) is 0 Å². The van der Waals surface area contributed by atoms with Gasteiger partial charge in [0.15, 0.2) is 23.0 Å². The molecule has 0 bridgehead atoms. The fraction of sp³-hybridized carbons (Fsp3) is 0.316. The summed E-state index contributed by atoms with van der Waals surface area (Å²) in [6.07, 6.45) is 0.380. The number of benzene rings is 2. The van der Waals surface area contributed by atoms with E-state index < -0.39 is 0 Å². The molecule has 0 N–H and O–H groups in total. The third kappa shape index (κ3) is 2.31. The Labute approximate surface area is 141 Å². The Bertz CT molecular complexity index is 762. The first kappa shape index (κ1) is 16.0. The largest absolute Gasteiger partial charge is 0.493 e. The fourth-order valence-corrected chi connectivity index (χ4v) is 3.31. The molecule has 124 valence electrons. The molecule has 5 heteroatoms. The summed E-state index contributed by atoms with van der Waals surface area (Å²) in [6, 6.07) is 10.1. The molecule has 0 saturated heterocycles. The van der Waals surface area contributed by atoms with Gasteiger partial charge in [-0.2, -0.15) is 5.26 Å². The van der Waals surface area contributed by atoms with Gasteiger partial charge >= 0.3 is 0 Å². The van der Waals surface area contributed by atoms with E-state index in [9.17, 15) is 5.26 Å². The van der Waals surface area contributed by atoms with E-state index >= 15 is 0 Å². The van der Waals surface area contributed by atoms with Gasteiger partial charge in [-0.15, -0.1) is 0 Å². The lowest BCUT2D eigenvalue weighted by Gasteiger charge is -2.13. The second kappa shape index (κ2) is 6.32. The van der Waals surface area contributed by atoms with Crippen LogP contribution in [0, 0.1) is 11.3 Å². The monoisotopic (exact) mass is 325 g/mol. The number of rotatable bonds is 5. The first-order valence-corrected chi connectivity index (χ1v) is 7.57. The average Bonchev–Trinajstić information content (AvgIpc) is 2.91. The lowest BCUT2D eigenvalue weighted by atomic mass is 9.94. The maximum Gasteiger partial charge on any atom is 0.161 e. The molecule has 2 aromatic carbocycles. The number of ether oxygens (including phenoxy) is 4. The molecule has 0 amide bonds. The van der Waals surface area contributed by atoms with Gasteiger partial charge in [-0.1, -0.05) is 0 Å². The highest BCUT2D eigenvalue weighted by Crippen LogP contribution is 2.52. The summed E-state index contributed by atoms with van der Waals surface area (Å²) in [5.41, 5.74) is 4.17. The molecule has 0 aromatic heterocycles. The summed E-state index contributed by atoms with van der Waals surface area (Å²) in [5, 5.41) is 9.27. The predicted molar refractivity (Wildman–Crippen MR) is 90.2 cm³/mol. The van der Waals surface area contributed by atoms with Crippen LogP contribution in [-0.2, 0) is 0 Å². The molecule has 24 heavy (non-hydrogen) atoms. The van der Waals surface area contributed by atoms with Gasteiger partial charge in [-0.05, 0) is 46.5 Å². The number of nitrogens with zero attached hydrogens (tertiary/aromatic N) is 1. The zero-order valence-corrected chi connectivity index (χ0v) is 14.2. The normalized spacial score (nSPS) is 12.1. The van der Waals surface area contributed by atoms with Crippen molar-refractivity contribution in [3.8, 4) is 40.2 Å². The molecule has 0 radical (unpaired) electrons. The molecule has 0 aliphatic heterocycles. The van der Waals surface area contributed by atoms with E-state index in [2.05, 4.69) is 6.07 Å². The van der Waals surface area contributed by atoms with Crippen LogP contribution in [0.15, 0.2) is 24.3 Å². The van der Waals surface area contributed by atoms with Crippen LogP contribution >= 0.6 is 0 Å². The highest BCUT2D eigenvalue weighted by atomic mass is 16.5. The molecule has 2 aromatic rings. The van der Waals surface area contributed by atoms with Crippen LogP contribution in [0.25, 0.3) is 11.1 Å². The van der Waals surface area contributed by atoms with Crippen LogP contribution in [0.4, 0.5) is 0 Å². The number of hydrogen-bond acceptors (Lipinski definition) is 5. The zero-order chi connectivity index (χ0) is 17.3. The highest BCUT2D eigenvalue weighted by molar-refractivity contribution is 5.83. The summed E-state index contributed by atoms with van der Waals surface area (Å²) in [5.74, 6) is 2.61. The van der Waals surface area contributed by atoms with E-state index in [1.54, 1.807) is 28.4 Å². The summed E-state index contributed by atoms with van der Waals surface area (Å²) in [6.45, 7) is 0. The van der Waals surface area contributed by atoms with Gasteiger partial charge < -0.3 is 18.9 Å². The van der Waals surface area contributed by atoms with Gasteiger partial charge in [0.05, 0.1) is 34.5 Å². The highest BCUT2D eigenvalue weighted by Gasteiger charge is 2.32. The molecule has 0 heterocycles. The Morgan fingerprint density at radius 2 is 1.12 bits per heavy atom. The first-order chi connectivity index (χ1) is 11.7. The van der Waals surface area contributed by atoms with E-state index in [4.69, 9.17) is 18.9 Å². The van der Waals surface area contributed by atoms with Crippen molar-refractivity contribution < 1.29 is 18.9 Å². The van der Waals surface area contributed by atoms with Crippen molar-refractivity contribution in [1.82, 2.24) is 0 Å². The van der Waals surface area contributed by atoms with Crippen LogP contribution in [0.5, 0.6) is 23.0 Å². The molecule has 0 spiro atoms. The molecule has 3 rings (SSSR count). The van der Waals surface area contributed by atoms with Crippen LogP contribution in [0.3, 0.4) is 0 Å². The van der Waals surface area contributed by atoms with E-state index in [-0.39, 0.29) is 5.92 Å². The Morgan fingerprint density at radius 3 is 1.46 bits per heavy atom. The topological polar surface area (TPSA) is 60.7 Å². The van der Waals surface area contributed by atoms with Crippen molar-refractivity contribution in [3.63, 3.8) is 0 Å². The Kier molecular flexibility index (Phi) is 4.22. The average molecular weight is 325 g/mol. The van der Waals surface area contributed by atoms with Crippen LogP contribution in [0.2, 0.25) is 0 Å². The minimum absolute atomic E-state index is 0.0281. The van der Waals surface area contributed by atoms with E-state index in [0.29, 0.717) is 29.4 Å². The first-order valence-electron chi connectivity index (χ1n) is 7.57. The van der Waals surface area contributed by atoms with Gasteiger partial charge in [0, 0.05) is 12.3 Å². The van der Waals surface area contributed by atoms with Crippen molar-refractivity contribution in [2.75, 3.05) is 28.4 Å². The number of nitriles is 1. The van der Waals surface area contributed by atoms with Gasteiger partial charge in [-0.25, -0.2) is 0 Å². The van der Waals surface area contributed by atoms with Crippen LogP contribution < -0.4 is 18.9 Å². The molecule has 0 atom stereocenters. The van der Waals surface area contributed by atoms with E-state index in [1.165, 1.54) is 0 Å². The van der Waals surface area contributed by atoms with E-state index in [1.807, 2.05) is 24.3 Å². The van der Waals surface area contributed by atoms with Crippen LogP contribution in [-0.4, -0.2) is 28.4 Å². The maximum atomic E-state index is 9.27. The predicted octanol–water partition coefficient (Wildman–Crippen LogP) is 3.75. The number of fused-ring (bicyclic) bond motifs is 3. The number of hydrogen-bond donors (Lipinski definition) is 0. The van der Waals surface area contributed by atoms with E-state index in [0.717, 1.165) is 22.3 Å². The van der Waals surface area contributed by atoms with Crippen molar-refractivity contribution in [3.05, 3.63) is 35.4 Å². The Morgan fingerprint density at radius 1 is 0.750 bits per heavy atom. The summed E-state index contributed by atoms with van der Waals surface area (Å²) in [4.78, 5) is 0. The van der Waals surface area contributed by atoms with Gasteiger partial charge in [0.25, 0.3) is 0 Å². The lowest BCUT2D eigenvalue weighted by molar-refractivity contribution is 0.354. The molecular formula is C19H19NO4. The Hall–Kier alpha value is -2.87. The van der Waals surface area contributed by atoms with Crippen molar-refractivity contribution in [2.45, 2.75) is 12.3 Å². The molecule has 5 nitrogen and oxygen atoms in total. The molecule has 0 saturated carbocycles. The van der Waals surface area contributed by atoms with Gasteiger partial charge in [0.2, 0.25) is 0 Å². The molecule has 1 aliphatic carbocycles. The summed E-state index contributed by atoms with van der Waals surface area (Å²) < 4.78 is 21.7. The van der Waals surface area contributed by atoms with Crippen LogP contribution in [0.1, 0.15) is 23.5 Å². The quantitative estimate of drug-likeness (QED) is 0.838. The summed E-state index contributed by atoms with van der Waals surface area (Å²) >= 11 is 0. The lowest BCUT2D eigenvalue weighted by Crippen LogP contribution is -1.98. The SMILES string of the molecule is COc1cc2c(cc1OC)C(CC#N)c1cc(OC)c(OC)cc1-2. The van der Waals surface area contributed by atoms with Crippen molar-refractivity contribution in [1.29, 1.82) is 5.26 Å². The second-order valence-electron chi connectivity index (χ2n) is 5.50. The van der Waals surface area contributed by atoms with Gasteiger partial charge in [-0.3, -0.25) is 0 Å². The minimum atomic E-state index is -0.0281.